The molecule has 2 aromatic rings. The fraction of sp³-hybridized carbons (Fsp3) is 0.375. The lowest BCUT2D eigenvalue weighted by atomic mass is 10.0. The Morgan fingerprint density at radius 2 is 1.96 bits per heavy atom. The number of nitrogens with two attached hydrogens (primary N) is 1. The van der Waals surface area contributed by atoms with Gasteiger partial charge in [-0.05, 0) is 43.5 Å². The van der Waals surface area contributed by atoms with Crippen LogP contribution in [-0.4, -0.2) is 39.5 Å². The highest BCUT2D eigenvalue weighted by Crippen LogP contribution is 2.19. The van der Waals surface area contributed by atoms with Crippen LogP contribution in [0.1, 0.15) is 29.6 Å². The van der Waals surface area contributed by atoms with Crippen molar-refractivity contribution in [2.45, 2.75) is 25.3 Å². The van der Waals surface area contributed by atoms with Crippen LogP contribution in [0, 0.1) is 0 Å². The summed E-state index contributed by atoms with van der Waals surface area (Å²) in [6, 6.07) is 7.81. The molecule has 2 heterocycles. The molecule has 1 saturated heterocycles. The van der Waals surface area contributed by atoms with Gasteiger partial charge in [0, 0.05) is 42.8 Å². The number of hydrogen-bond donors (Lipinski definition) is 1. The Kier molecular flexibility index (Phi) is 7.55. The zero-order chi connectivity index (χ0) is 14.7. The van der Waals surface area contributed by atoms with E-state index in [9.17, 15) is 4.79 Å². The van der Waals surface area contributed by atoms with Crippen molar-refractivity contribution in [1.29, 1.82) is 0 Å². The lowest BCUT2D eigenvalue weighted by Crippen LogP contribution is -2.47. The van der Waals surface area contributed by atoms with Gasteiger partial charge in [-0.2, -0.15) is 0 Å². The smallest absolute Gasteiger partial charge is 0.254 e. The van der Waals surface area contributed by atoms with E-state index in [1.165, 1.54) is 0 Å². The average molecular weight is 357 g/mol. The Bertz CT molecular complexity index is 601. The van der Waals surface area contributed by atoms with E-state index in [0.717, 1.165) is 37.1 Å². The molecular weight excluding hydrogens is 335 g/mol. The SMILES string of the molecule is Cl.Cl.NCC1CCCCN1C(=O)c1ccc(-n2ccnc2)cc1. The summed E-state index contributed by atoms with van der Waals surface area (Å²) in [7, 11) is 0. The van der Waals surface area contributed by atoms with Gasteiger partial charge >= 0.3 is 0 Å². The summed E-state index contributed by atoms with van der Waals surface area (Å²) < 4.78 is 1.91. The zero-order valence-electron chi connectivity index (χ0n) is 12.8. The molecule has 1 aliphatic heterocycles. The number of imidazole rings is 1. The fourth-order valence-electron chi connectivity index (χ4n) is 2.87. The third-order valence-electron chi connectivity index (χ3n) is 4.08. The summed E-state index contributed by atoms with van der Waals surface area (Å²) in [6.07, 6.45) is 8.59. The van der Waals surface area contributed by atoms with E-state index in [0.29, 0.717) is 6.54 Å². The number of likely N-dealkylation sites (tertiary alicyclic amines) is 1. The number of aromatic nitrogens is 2. The maximum atomic E-state index is 12.6. The van der Waals surface area contributed by atoms with Crippen LogP contribution in [0.3, 0.4) is 0 Å². The molecule has 0 bridgehead atoms. The van der Waals surface area contributed by atoms with Gasteiger partial charge in [-0.3, -0.25) is 4.79 Å². The molecule has 1 aromatic carbocycles. The molecule has 1 fully saturated rings. The average Bonchev–Trinajstić information content (AvgIpc) is 3.09. The minimum atomic E-state index is 0. The standard InChI is InChI=1S/C16H20N4O.2ClH/c17-11-15-3-1-2-9-20(15)16(21)13-4-6-14(7-5-13)19-10-8-18-12-19;;/h4-8,10,12,15H,1-3,9,11,17H2;2*1H. The summed E-state index contributed by atoms with van der Waals surface area (Å²) in [6.45, 7) is 1.35. The number of amides is 1. The Labute approximate surface area is 148 Å². The van der Waals surface area contributed by atoms with E-state index in [1.807, 2.05) is 39.9 Å². The van der Waals surface area contributed by atoms with Crippen LogP contribution in [0.4, 0.5) is 0 Å². The topological polar surface area (TPSA) is 64.2 Å². The molecule has 1 unspecified atom stereocenters. The van der Waals surface area contributed by atoms with Crippen molar-refractivity contribution < 1.29 is 4.79 Å². The highest BCUT2D eigenvalue weighted by Gasteiger charge is 2.26. The van der Waals surface area contributed by atoms with Crippen molar-refractivity contribution in [2.75, 3.05) is 13.1 Å². The van der Waals surface area contributed by atoms with E-state index < -0.39 is 0 Å². The van der Waals surface area contributed by atoms with Gasteiger partial charge in [0.2, 0.25) is 0 Å². The third kappa shape index (κ3) is 4.25. The van der Waals surface area contributed by atoms with Crippen LogP contribution >= 0.6 is 24.8 Å². The van der Waals surface area contributed by atoms with Gasteiger partial charge in [0.1, 0.15) is 0 Å². The molecule has 0 saturated carbocycles. The Morgan fingerprint density at radius 1 is 1.22 bits per heavy atom. The van der Waals surface area contributed by atoms with E-state index in [1.54, 1.807) is 12.5 Å². The second-order valence-corrected chi connectivity index (χ2v) is 5.40. The minimum absolute atomic E-state index is 0. The van der Waals surface area contributed by atoms with Crippen molar-refractivity contribution in [3.8, 4) is 5.69 Å². The molecule has 2 N–H and O–H groups in total. The number of carbonyl (C=O) groups excluding carboxylic acids is 1. The molecule has 23 heavy (non-hydrogen) atoms. The number of halogens is 2. The molecule has 126 valence electrons. The first-order valence-corrected chi connectivity index (χ1v) is 7.39. The molecule has 3 rings (SSSR count). The lowest BCUT2D eigenvalue weighted by molar-refractivity contribution is 0.0623. The Balaban J connectivity index is 0.00000132. The quantitative estimate of drug-likeness (QED) is 0.919. The number of piperidine rings is 1. The van der Waals surface area contributed by atoms with Crippen LogP contribution in [-0.2, 0) is 0 Å². The number of rotatable bonds is 3. The maximum Gasteiger partial charge on any atom is 0.254 e. The van der Waals surface area contributed by atoms with Crippen LogP contribution in [0.5, 0.6) is 0 Å². The van der Waals surface area contributed by atoms with Gasteiger partial charge in [0.25, 0.3) is 5.91 Å². The second-order valence-electron chi connectivity index (χ2n) is 5.40. The van der Waals surface area contributed by atoms with Crippen LogP contribution < -0.4 is 5.73 Å². The summed E-state index contributed by atoms with van der Waals surface area (Å²) in [5.74, 6) is 0.0855. The first kappa shape index (κ1) is 19.5. The number of benzene rings is 1. The van der Waals surface area contributed by atoms with Gasteiger partial charge in [0.05, 0.1) is 6.33 Å². The van der Waals surface area contributed by atoms with E-state index in [2.05, 4.69) is 4.98 Å². The molecule has 1 atom stereocenters. The maximum absolute atomic E-state index is 12.6. The van der Waals surface area contributed by atoms with Gasteiger partial charge < -0.3 is 15.2 Å². The monoisotopic (exact) mass is 356 g/mol. The molecule has 0 aliphatic carbocycles. The highest BCUT2D eigenvalue weighted by molar-refractivity contribution is 5.94. The minimum Gasteiger partial charge on any atom is -0.334 e. The molecule has 0 spiro atoms. The van der Waals surface area contributed by atoms with Crippen molar-refractivity contribution in [2.24, 2.45) is 5.73 Å². The number of hydrogen-bond acceptors (Lipinski definition) is 3. The highest BCUT2D eigenvalue weighted by atomic mass is 35.5. The second kappa shape index (κ2) is 8.91. The van der Waals surface area contributed by atoms with Crippen molar-refractivity contribution in [3.63, 3.8) is 0 Å². The first-order chi connectivity index (χ1) is 10.3. The Hall–Kier alpha value is -1.56. The molecule has 0 radical (unpaired) electrons. The molecule has 1 aliphatic rings. The third-order valence-corrected chi connectivity index (χ3v) is 4.08. The summed E-state index contributed by atoms with van der Waals surface area (Å²) in [5, 5.41) is 0. The molecular formula is C16H22Cl2N4O. The predicted octanol–water partition coefficient (Wildman–Crippen LogP) is 2.67. The van der Waals surface area contributed by atoms with E-state index in [-0.39, 0.29) is 36.8 Å². The number of carbonyl (C=O) groups is 1. The van der Waals surface area contributed by atoms with Crippen LogP contribution in [0.2, 0.25) is 0 Å². The molecule has 7 heteroatoms. The predicted molar refractivity (Wildman–Crippen MR) is 95.8 cm³/mol. The summed E-state index contributed by atoms with van der Waals surface area (Å²) >= 11 is 0. The number of nitrogens with zero attached hydrogens (tertiary/aromatic N) is 3. The van der Waals surface area contributed by atoms with Crippen molar-refractivity contribution in [3.05, 3.63) is 48.5 Å². The molecule has 5 nitrogen and oxygen atoms in total. The zero-order valence-corrected chi connectivity index (χ0v) is 14.4. The van der Waals surface area contributed by atoms with Gasteiger partial charge in [0.15, 0.2) is 0 Å². The fourth-order valence-corrected chi connectivity index (χ4v) is 2.87. The Morgan fingerprint density at radius 3 is 2.57 bits per heavy atom. The van der Waals surface area contributed by atoms with Crippen molar-refractivity contribution >= 4 is 30.7 Å². The summed E-state index contributed by atoms with van der Waals surface area (Å²) in [4.78, 5) is 18.6. The molecule has 1 amide bonds. The van der Waals surface area contributed by atoms with Gasteiger partial charge in [-0.1, -0.05) is 0 Å². The summed E-state index contributed by atoms with van der Waals surface area (Å²) in [5.41, 5.74) is 7.51. The van der Waals surface area contributed by atoms with Crippen molar-refractivity contribution in [1.82, 2.24) is 14.5 Å². The molecule has 1 aromatic heterocycles. The first-order valence-electron chi connectivity index (χ1n) is 7.39. The van der Waals surface area contributed by atoms with E-state index in [4.69, 9.17) is 5.73 Å². The van der Waals surface area contributed by atoms with Crippen LogP contribution in [0.25, 0.3) is 5.69 Å². The van der Waals surface area contributed by atoms with Crippen LogP contribution in [0.15, 0.2) is 43.0 Å². The van der Waals surface area contributed by atoms with Gasteiger partial charge in [-0.25, -0.2) is 4.98 Å². The van der Waals surface area contributed by atoms with E-state index >= 15 is 0 Å². The van der Waals surface area contributed by atoms with Gasteiger partial charge in [-0.15, -0.1) is 24.8 Å². The normalized spacial score (nSPS) is 17.1. The lowest BCUT2D eigenvalue weighted by Gasteiger charge is -2.35. The largest absolute Gasteiger partial charge is 0.334 e.